The van der Waals surface area contributed by atoms with Gasteiger partial charge in [0.2, 0.25) is 0 Å². The Labute approximate surface area is 107 Å². The van der Waals surface area contributed by atoms with Gasteiger partial charge in [-0.15, -0.1) is 0 Å². The Morgan fingerprint density at radius 2 is 2.11 bits per heavy atom. The molecule has 1 saturated heterocycles. The highest BCUT2D eigenvalue weighted by Crippen LogP contribution is 2.37. The van der Waals surface area contributed by atoms with E-state index in [4.69, 9.17) is 16.3 Å². The van der Waals surface area contributed by atoms with E-state index < -0.39 is 17.5 Å². The first-order valence-corrected chi connectivity index (χ1v) is 5.71. The average Bonchev–Trinajstić information content (AvgIpc) is 2.50. The van der Waals surface area contributed by atoms with Crippen molar-refractivity contribution in [2.45, 2.75) is 18.2 Å². The van der Waals surface area contributed by atoms with Gasteiger partial charge in [-0.2, -0.15) is 18.3 Å². The fourth-order valence-electron chi connectivity index (χ4n) is 2.00. The fraction of sp³-hybridized carbons (Fsp3) is 0.700. The van der Waals surface area contributed by atoms with Crippen LogP contribution in [0, 0.1) is 0 Å². The lowest BCUT2D eigenvalue weighted by Crippen LogP contribution is -2.62. The molecule has 1 aromatic rings. The molecule has 1 aliphatic heterocycles. The summed E-state index contributed by atoms with van der Waals surface area (Å²) in [5.74, 6) is 0. The number of hydrogen-bond acceptors (Lipinski definition) is 3. The van der Waals surface area contributed by atoms with E-state index in [-0.39, 0.29) is 17.1 Å². The summed E-state index contributed by atoms with van der Waals surface area (Å²) in [6.45, 7) is 1.01. The largest absolute Gasteiger partial charge is 0.435 e. The minimum atomic E-state index is -4.51. The van der Waals surface area contributed by atoms with Crippen LogP contribution in [0.2, 0.25) is 5.15 Å². The Morgan fingerprint density at radius 1 is 1.50 bits per heavy atom. The molecule has 8 heteroatoms. The summed E-state index contributed by atoms with van der Waals surface area (Å²) in [6.07, 6.45) is -4.41. The molecule has 1 aromatic heterocycles. The Hall–Kier alpha value is -0.790. The molecule has 0 radical (unpaired) electrons. The van der Waals surface area contributed by atoms with Crippen molar-refractivity contribution in [3.63, 3.8) is 0 Å². The number of hydrogen-bond donors (Lipinski definition) is 1. The molecule has 2 rings (SSSR count). The number of alkyl halides is 3. The highest BCUT2D eigenvalue weighted by Gasteiger charge is 2.44. The smallest absolute Gasteiger partial charge is 0.375 e. The average molecular weight is 284 g/mol. The molecule has 0 saturated carbocycles. The van der Waals surface area contributed by atoms with Crippen LogP contribution in [-0.4, -0.2) is 35.6 Å². The van der Waals surface area contributed by atoms with E-state index >= 15 is 0 Å². The van der Waals surface area contributed by atoms with E-state index in [0.29, 0.717) is 13.1 Å². The fourth-order valence-corrected chi connectivity index (χ4v) is 2.19. The van der Waals surface area contributed by atoms with Crippen molar-refractivity contribution in [3.8, 4) is 0 Å². The quantitative estimate of drug-likeness (QED) is 0.916. The molecular weight excluding hydrogens is 271 g/mol. The molecule has 1 fully saturated rings. The molecule has 2 heterocycles. The second-order valence-corrected chi connectivity index (χ2v) is 4.76. The van der Waals surface area contributed by atoms with E-state index in [0.717, 1.165) is 4.68 Å². The monoisotopic (exact) mass is 283 g/mol. The zero-order valence-electron chi connectivity index (χ0n) is 9.94. The Kier molecular flexibility index (Phi) is 3.33. The molecule has 0 bridgehead atoms. The van der Waals surface area contributed by atoms with Crippen molar-refractivity contribution >= 4 is 11.6 Å². The number of nitrogens with one attached hydrogen (secondary N) is 1. The molecule has 0 aromatic carbocycles. The van der Waals surface area contributed by atoms with Gasteiger partial charge in [-0.1, -0.05) is 11.6 Å². The van der Waals surface area contributed by atoms with Crippen LogP contribution >= 0.6 is 11.6 Å². The molecule has 4 nitrogen and oxygen atoms in total. The van der Waals surface area contributed by atoms with Crippen LogP contribution in [0.5, 0.6) is 0 Å². The molecule has 102 valence electrons. The summed E-state index contributed by atoms with van der Waals surface area (Å²) < 4.78 is 44.9. The number of aromatic nitrogens is 2. The predicted octanol–water partition coefficient (Wildman–Crippen LogP) is 1.62. The molecule has 1 N–H and O–H groups in total. The zero-order valence-corrected chi connectivity index (χ0v) is 10.7. The number of rotatable bonds is 3. The summed E-state index contributed by atoms with van der Waals surface area (Å²) >= 11 is 5.89. The predicted molar refractivity (Wildman–Crippen MR) is 59.5 cm³/mol. The lowest BCUT2D eigenvalue weighted by molar-refractivity contribution is -0.142. The minimum absolute atomic E-state index is 0.00461. The number of nitrogens with zero attached hydrogens (tertiary/aromatic N) is 2. The summed E-state index contributed by atoms with van der Waals surface area (Å²) in [5, 5.41) is 6.43. The molecule has 1 aliphatic rings. The van der Waals surface area contributed by atoms with Gasteiger partial charge in [0.25, 0.3) is 0 Å². The van der Waals surface area contributed by atoms with Crippen LogP contribution in [0.4, 0.5) is 13.2 Å². The molecule has 0 atom stereocenters. The van der Waals surface area contributed by atoms with Crippen molar-refractivity contribution in [3.05, 3.63) is 16.4 Å². The van der Waals surface area contributed by atoms with Gasteiger partial charge < -0.3 is 10.1 Å². The Bertz CT molecular complexity index is 448. The molecule has 0 amide bonds. The standard InChI is InChI=1S/C10H13ClF3N3O/c1-17-8(11)6(7(16-17)10(12,13)14)3-9(18-2)4-15-5-9/h15H,3-5H2,1-2H3. The van der Waals surface area contributed by atoms with Gasteiger partial charge in [0.1, 0.15) is 5.15 Å². The summed E-state index contributed by atoms with van der Waals surface area (Å²) in [7, 11) is 2.87. The third kappa shape index (κ3) is 2.22. The van der Waals surface area contributed by atoms with E-state index in [1.165, 1.54) is 14.2 Å². The van der Waals surface area contributed by atoms with E-state index in [1.54, 1.807) is 0 Å². The molecule has 0 aliphatic carbocycles. The van der Waals surface area contributed by atoms with E-state index in [2.05, 4.69) is 10.4 Å². The van der Waals surface area contributed by atoms with Gasteiger partial charge >= 0.3 is 6.18 Å². The number of methoxy groups -OCH3 is 1. The highest BCUT2D eigenvalue weighted by atomic mass is 35.5. The molecule has 18 heavy (non-hydrogen) atoms. The lowest BCUT2D eigenvalue weighted by atomic mass is 9.89. The van der Waals surface area contributed by atoms with Gasteiger partial charge in [-0.3, -0.25) is 4.68 Å². The Balaban J connectivity index is 2.37. The summed E-state index contributed by atoms with van der Waals surface area (Å²) in [6, 6.07) is 0. The highest BCUT2D eigenvalue weighted by molar-refractivity contribution is 6.30. The van der Waals surface area contributed by atoms with Crippen LogP contribution in [0.15, 0.2) is 0 Å². The SMILES string of the molecule is COC1(Cc2c(C(F)(F)F)nn(C)c2Cl)CNC1. The van der Waals surface area contributed by atoms with Crippen molar-refractivity contribution in [2.24, 2.45) is 7.05 Å². The van der Waals surface area contributed by atoms with Crippen molar-refractivity contribution in [2.75, 3.05) is 20.2 Å². The first-order chi connectivity index (χ1) is 8.29. The van der Waals surface area contributed by atoms with Crippen LogP contribution in [0.3, 0.4) is 0 Å². The van der Waals surface area contributed by atoms with E-state index in [1.807, 2.05) is 0 Å². The van der Waals surface area contributed by atoms with Crippen LogP contribution in [-0.2, 0) is 24.4 Å². The number of ether oxygens (including phenoxy) is 1. The zero-order chi connectivity index (χ0) is 13.6. The maximum Gasteiger partial charge on any atom is 0.435 e. The molecule has 0 spiro atoms. The second kappa shape index (κ2) is 4.40. The van der Waals surface area contributed by atoms with Gasteiger partial charge in [-0.25, -0.2) is 0 Å². The third-order valence-electron chi connectivity index (χ3n) is 3.16. The minimum Gasteiger partial charge on any atom is -0.375 e. The number of aryl methyl sites for hydroxylation is 1. The number of halogens is 4. The molecular formula is C10H13ClF3N3O. The normalized spacial score (nSPS) is 18.8. The topological polar surface area (TPSA) is 39.1 Å². The van der Waals surface area contributed by atoms with Gasteiger partial charge in [0.15, 0.2) is 5.69 Å². The summed E-state index contributed by atoms with van der Waals surface area (Å²) in [5.41, 5.74) is -1.56. The Morgan fingerprint density at radius 3 is 2.50 bits per heavy atom. The van der Waals surface area contributed by atoms with Gasteiger partial charge in [-0.05, 0) is 0 Å². The van der Waals surface area contributed by atoms with Crippen molar-refractivity contribution in [1.82, 2.24) is 15.1 Å². The molecule has 0 unspecified atom stereocenters. The summed E-state index contributed by atoms with van der Waals surface area (Å²) in [4.78, 5) is 0. The van der Waals surface area contributed by atoms with Gasteiger partial charge in [0, 0.05) is 39.2 Å². The maximum atomic E-state index is 12.9. The van der Waals surface area contributed by atoms with Crippen LogP contribution in [0.25, 0.3) is 0 Å². The maximum absolute atomic E-state index is 12.9. The van der Waals surface area contributed by atoms with E-state index in [9.17, 15) is 13.2 Å². The van der Waals surface area contributed by atoms with Crippen LogP contribution in [0.1, 0.15) is 11.3 Å². The first-order valence-electron chi connectivity index (χ1n) is 5.33. The third-order valence-corrected chi connectivity index (χ3v) is 3.64. The first kappa shape index (κ1) is 13.6. The van der Waals surface area contributed by atoms with Crippen molar-refractivity contribution < 1.29 is 17.9 Å². The van der Waals surface area contributed by atoms with Crippen LogP contribution < -0.4 is 5.32 Å². The lowest BCUT2D eigenvalue weighted by Gasteiger charge is -2.41. The van der Waals surface area contributed by atoms with Crippen molar-refractivity contribution in [1.29, 1.82) is 0 Å². The second-order valence-electron chi connectivity index (χ2n) is 4.41. The van der Waals surface area contributed by atoms with Gasteiger partial charge in [0.05, 0.1) is 5.60 Å².